The molecule has 1 spiro atoms. The van der Waals surface area contributed by atoms with Crippen LogP contribution in [0.3, 0.4) is 0 Å². The molecule has 0 saturated carbocycles. The van der Waals surface area contributed by atoms with Crippen molar-refractivity contribution in [2.45, 2.75) is 38.2 Å². The van der Waals surface area contributed by atoms with Gasteiger partial charge in [-0.25, -0.2) is 0 Å². The smallest absolute Gasteiger partial charge is 0.322 e. The van der Waals surface area contributed by atoms with Crippen LogP contribution in [0.15, 0.2) is 36.4 Å². The first-order valence-corrected chi connectivity index (χ1v) is 9.51. The number of benzene rings is 2. The van der Waals surface area contributed by atoms with Gasteiger partial charge in [0.05, 0.1) is 6.61 Å². The second kappa shape index (κ2) is 6.77. The Morgan fingerprint density at radius 1 is 1.07 bits per heavy atom. The molecule has 0 aromatic heterocycles. The summed E-state index contributed by atoms with van der Waals surface area (Å²) < 4.78 is 11.0. The van der Waals surface area contributed by atoms with Crippen LogP contribution in [0, 0.1) is 13.8 Å². The molecule has 2 fully saturated rings. The molecule has 2 atom stereocenters. The number of halogens is 1. The molecule has 4 nitrogen and oxygen atoms in total. The number of ether oxygens (including phenoxy) is 2. The summed E-state index contributed by atoms with van der Waals surface area (Å²) in [6.45, 7) is 4.70. The largest absolute Gasteiger partial charge is 0.448 e. The van der Waals surface area contributed by atoms with Gasteiger partial charge in [0.1, 0.15) is 5.92 Å². The van der Waals surface area contributed by atoms with Crippen LogP contribution in [0.25, 0.3) is 11.1 Å². The van der Waals surface area contributed by atoms with Crippen molar-refractivity contribution in [3.05, 3.63) is 58.1 Å². The van der Waals surface area contributed by atoms with Gasteiger partial charge in [-0.1, -0.05) is 29.8 Å². The van der Waals surface area contributed by atoms with Gasteiger partial charge in [0.2, 0.25) is 0 Å². The Balaban J connectivity index is 1.77. The molecule has 0 aliphatic carbocycles. The van der Waals surface area contributed by atoms with E-state index in [2.05, 4.69) is 0 Å². The fourth-order valence-electron chi connectivity index (χ4n) is 4.10. The SMILES string of the molecule is Cc1cc(C)c(C2C(=O)OC3(CCCOC3)C2=O)cc1-c1ccc(Cl)cc1. The van der Waals surface area contributed by atoms with E-state index in [9.17, 15) is 9.59 Å². The van der Waals surface area contributed by atoms with Gasteiger partial charge in [-0.2, -0.15) is 0 Å². The third-order valence-electron chi connectivity index (χ3n) is 5.53. The van der Waals surface area contributed by atoms with Gasteiger partial charge < -0.3 is 9.47 Å². The van der Waals surface area contributed by atoms with Gasteiger partial charge >= 0.3 is 5.97 Å². The van der Waals surface area contributed by atoms with Gasteiger partial charge in [-0.05, 0) is 72.7 Å². The van der Waals surface area contributed by atoms with E-state index in [4.69, 9.17) is 21.1 Å². The van der Waals surface area contributed by atoms with E-state index in [1.54, 1.807) is 0 Å². The number of carbonyl (C=O) groups excluding carboxylic acids is 2. The molecule has 2 unspecified atom stereocenters. The Morgan fingerprint density at radius 2 is 1.81 bits per heavy atom. The molecule has 0 amide bonds. The summed E-state index contributed by atoms with van der Waals surface area (Å²) in [7, 11) is 0. The summed E-state index contributed by atoms with van der Waals surface area (Å²) in [4.78, 5) is 25.9. The maximum Gasteiger partial charge on any atom is 0.322 e. The molecule has 0 bridgehead atoms. The molecule has 5 heteroatoms. The van der Waals surface area contributed by atoms with Crippen molar-refractivity contribution in [2.24, 2.45) is 0 Å². The van der Waals surface area contributed by atoms with E-state index in [0.29, 0.717) is 30.0 Å². The summed E-state index contributed by atoms with van der Waals surface area (Å²) in [5.74, 6) is -1.54. The van der Waals surface area contributed by atoms with E-state index in [-0.39, 0.29) is 12.4 Å². The summed E-state index contributed by atoms with van der Waals surface area (Å²) in [5, 5.41) is 0.664. The van der Waals surface area contributed by atoms with Crippen molar-refractivity contribution in [2.75, 3.05) is 13.2 Å². The lowest BCUT2D eigenvalue weighted by atomic mass is 9.81. The monoisotopic (exact) mass is 384 g/mol. The van der Waals surface area contributed by atoms with Gasteiger partial charge in [-0.3, -0.25) is 9.59 Å². The van der Waals surface area contributed by atoms with Crippen molar-refractivity contribution in [3.63, 3.8) is 0 Å². The Kier molecular flexibility index (Phi) is 4.57. The van der Waals surface area contributed by atoms with Crippen LogP contribution >= 0.6 is 11.6 Å². The van der Waals surface area contributed by atoms with Crippen LogP contribution in [0.1, 0.15) is 35.4 Å². The second-order valence-corrected chi connectivity index (χ2v) is 7.84. The number of ketones is 1. The molecule has 0 radical (unpaired) electrons. The predicted molar refractivity (Wildman–Crippen MR) is 103 cm³/mol. The van der Waals surface area contributed by atoms with Crippen LogP contribution in [0.4, 0.5) is 0 Å². The van der Waals surface area contributed by atoms with Crippen molar-refractivity contribution >= 4 is 23.4 Å². The molecule has 2 aliphatic heterocycles. The van der Waals surface area contributed by atoms with E-state index in [0.717, 1.165) is 22.3 Å². The summed E-state index contributed by atoms with van der Waals surface area (Å²) in [6, 6.07) is 11.5. The lowest BCUT2D eigenvalue weighted by Crippen LogP contribution is -2.45. The Labute approximate surface area is 163 Å². The molecule has 4 rings (SSSR count). The fraction of sp³-hybridized carbons (Fsp3) is 0.364. The molecule has 2 heterocycles. The second-order valence-electron chi connectivity index (χ2n) is 7.40. The summed E-state index contributed by atoms with van der Waals surface area (Å²) in [6.07, 6.45) is 1.25. The van der Waals surface area contributed by atoms with E-state index in [1.165, 1.54) is 0 Å². The first-order valence-electron chi connectivity index (χ1n) is 9.13. The lowest BCUT2D eigenvalue weighted by molar-refractivity contribution is -0.164. The third-order valence-corrected chi connectivity index (χ3v) is 5.78. The topological polar surface area (TPSA) is 52.6 Å². The maximum absolute atomic E-state index is 13.2. The van der Waals surface area contributed by atoms with Gasteiger partial charge in [-0.15, -0.1) is 0 Å². The Morgan fingerprint density at radius 3 is 2.48 bits per heavy atom. The van der Waals surface area contributed by atoms with Gasteiger partial charge in [0, 0.05) is 11.6 Å². The number of esters is 1. The Hall–Kier alpha value is -2.17. The highest BCUT2D eigenvalue weighted by Gasteiger charge is 2.56. The maximum atomic E-state index is 13.2. The van der Waals surface area contributed by atoms with E-state index < -0.39 is 17.5 Å². The van der Waals surface area contributed by atoms with Crippen LogP contribution in [0.2, 0.25) is 5.02 Å². The van der Waals surface area contributed by atoms with Crippen molar-refractivity contribution in [1.82, 2.24) is 0 Å². The average molecular weight is 385 g/mol. The minimum Gasteiger partial charge on any atom is -0.448 e. The highest BCUT2D eigenvalue weighted by Crippen LogP contribution is 2.41. The van der Waals surface area contributed by atoms with Crippen LogP contribution < -0.4 is 0 Å². The number of hydrogen-bond acceptors (Lipinski definition) is 4. The number of rotatable bonds is 2. The number of carbonyl (C=O) groups is 2. The molecular formula is C22H21ClO4. The third kappa shape index (κ3) is 3.07. The van der Waals surface area contributed by atoms with Crippen molar-refractivity contribution in [3.8, 4) is 11.1 Å². The van der Waals surface area contributed by atoms with Crippen LogP contribution in [-0.2, 0) is 19.1 Å². The minimum absolute atomic E-state index is 0.156. The molecule has 2 aliphatic rings. The Bertz CT molecular complexity index is 911. The summed E-state index contributed by atoms with van der Waals surface area (Å²) >= 11 is 6.00. The minimum atomic E-state index is -1.11. The first-order chi connectivity index (χ1) is 12.9. The number of Topliss-reactive ketones (excluding diaryl/α,β-unsaturated/α-hetero) is 1. The highest BCUT2D eigenvalue weighted by molar-refractivity contribution is 6.30. The lowest BCUT2D eigenvalue weighted by Gasteiger charge is -2.29. The van der Waals surface area contributed by atoms with Gasteiger partial charge in [0.25, 0.3) is 0 Å². The molecular weight excluding hydrogens is 364 g/mol. The summed E-state index contributed by atoms with van der Waals surface area (Å²) in [5.41, 5.74) is 3.56. The molecule has 140 valence electrons. The zero-order valence-corrected chi connectivity index (χ0v) is 16.1. The van der Waals surface area contributed by atoms with Crippen LogP contribution in [0.5, 0.6) is 0 Å². The standard InChI is InChI=1S/C22H21ClO4/c1-13-10-14(2)18(11-17(13)15-4-6-16(23)7-5-15)19-20(24)22(27-21(19)25)8-3-9-26-12-22/h4-7,10-11,19H,3,8-9,12H2,1-2H3. The molecule has 2 saturated heterocycles. The highest BCUT2D eigenvalue weighted by atomic mass is 35.5. The zero-order valence-electron chi connectivity index (χ0n) is 15.4. The fourth-order valence-corrected chi connectivity index (χ4v) is 4.23. The average Bonchev–Trinajstić information content (AvgIpc) is 2.87. The van der Waals surface area contributed by atoms with E-state index in [1.807, 2.05) is 50.2 Å². The zero-order chi connectivity index (χ0) is 19.2. The van der Waals surface area contributed by atoms with Crippen molar-refractivity contribution < 1.29 is 19.1 Å². The molecule has 27 heavy (non-hydrogen) atoms. The molecule has 2 aromatic carbocycles. The molecule has 2 aromatic rings. The van der Waals surface area contributed by atoms with Crippen LogP contribution in [-0.4, -0.2) is 30.6 Å². The van der Waals surface area contributed by atoms with Gasteiger partial charge in [0.15, 0.2) is 11.4 Å². The molecule has 0 N–H and O–H groups in total. The first kappa shape index (κ1) is 18.2. The number of hydrogen-bond donors (Lipinski definition) is 0. The van der Waals surface area contributed by atoms with E-state index >= 15 is 0 Å². The quantitative estimate of drug-likeness (QED) is 0.569. The normalized spacial score (nSPS) is 25.1. The van der Waals surface area contributed by atoms with Crippen molar-refractivity contribution in [1.29, 1.82) is 0 Å². The predicted octanol–water partition coefficient (Wildman–Crippen LogP) is 4.38. The number of aryl methyl sites for hydroxylation is 2.